The molecule has 0 spiro atoms. The number of aryl methyl sites for hydroxylation is 1. The third-order valence-corrected chi connectivity index (χ3v) is 4.49. The Bertz CT molecular complexity index is 586. The average Bonchev–Trinajstić information content (AvgIpc) is 2.64. The Morgan fingerprint density at radius 3 is 2.17 bits per heavy atom. The van der Waals surface area contributed by atoms with Gasteiger partial charge >= 0.3 is 0 Å². The van der Waals surface area contributed by atoms with Gasteiger partial charge in [-0.3, -0.25) is 0 Å². The van der Waals surface area contributed by atoms with Crippen LogP contribution < -0.4 is 4.57 Å². The minimum atomic E-state index is 1.16. The zero-order valence-electron chi connectivity index (χ0n) is 15.2. The molecule has 0 saturated carbocycles. The van der Waals surface area contributed by atoms with Crippen LogP contribution in [0.2, 0.25) is 0 Å². The molecule has 2 rings (SSSR count). The zero-order chi connectivity index (χ0) is 16.9. The Hall–Kier alpha value is -1.89. The van der Waals surface area contributed by atoms with Crippen molar-refractivity contribution in [2.45, 2.75) is 64.7 Å². The topological polar surface area (TPSA) is 3.88 Å². The van der Waals surface area contributed by atoms with Crippen molar-refractivity contribution >= 4 is 12.3 Å². The molecule has 0 atom stereocenters. The number of aromatic nitrogens is 1. The molecule has 1 nitrogen and oxygen atoms in total. The number of unbranched alkanes of at least 4 members (excludes halogenated alkanes) is 7. The first-order valence-corrected chi connectivity index (χ1v) is 9.62. The minimum absolute atomic E-state index is 1.16. The van der Waals surface area contributed by atoms with Crippen LogP contribution >= 0.6 is 0 Å². The van der Waals surface area contributed by atoms with Gasteiger partial charge in [0.2, 0.25) is 0 Å². The van der Waals surface area contributed by atoms with Crippen LogP contribution in [0.25, 0.3) is 12.3 Å². The lowest BCUT2D eigenvalue weighted by atomic mass is 10.1. The van der Waals surface area contributed by atoms with Crippen LogP contribution in [-0.4, -0.2) is 0 Å². The predicted octanol–water partition coefficient (Wildman–Crippen LogP) is 6.29. The summed E-state index contributed by atoms with van der Waals surface area (Å²) in [4.78, 5) is 0. The molecule has 1 heterocycles. The second kappa shape index (κ2) is 11.6. The van der Waals surface area contributed by atoms with Gasteiger partial charge in [0.05, 0.1) is 0 Å². The highest BCUT2D eigenvalue weighted by Gasteiger charge is 2.06. The highest BCUT2D eigenvalue weighted by Crippen LogP contribution is 2.10. The fourth-order valence-corrected chi connectivity index (χ4v) is 3.02. The van der Waals surface area contributed by atoms with Crippen molar-refractivity contribution in [2.75, 3.05) is 0 Å². The van der Waals surface area contributed by atoms with E-state index in [4.69, 9.17) is 0 Å². The summed E-state index contributed by atoms with van der Waals surface area (Å²) < 4.78 is 2.26. The number of pyridine rings is 1. The van der Waals surface area contributed by atoms with E-state index in [1.54, 1.807) is 0 Å². The Morgan fingerprint density at radius 1 is 0.750 bits per heavy atom. The van der Waals surface area contributed by atoms with Crippen molar-refractivity contribution in [3.8, 4) is 0 Å². The molecule has 0 aliphatic heterocycles. The highest BCUT2D eigenvalue weighted by molar-refractivity contribution is 5.56. The van der Waals surface area contributed by atoms with Gasteiger partial charge in [0.15, 0.2) is 18.1 Å². The van der Waals surface area contributed by atoms with Crippen molar-refractivity contribution in [1.29, 1.82) is 0 Å². The fraction of sp³-hybridized carbons (Fsp3) is 0.435. The molecule has 1 heteroatoms. The highest BCUT2D eigenvalue weighted by atomic mass is 14.9. The number of benzene rings is 1. The van der Waals surface area contributed by atoms with Gasteiger partial charge in [0, 0.05) is 24.6 Å². The summed E-state index contributed by atoms with van der Waals surface area (Å²) in [5.74, 6) is 0. The monoisotopic (exact) mass is 322 g/mol. The number of rotatable bonds is 11. The Balaban J connectivity index is 1.76. The molecular weight excluding hydrogens is 290 g/mol. The quantitative estimate of drug-likeness (QED) is 0.338. The van der Waals surface area contributed by atoms with Crippen molar-refractivity contribution < 1.29 is 4.57 Å². The third-order valence-electron chi connectivity index (χ3n) is 4.49. The van der Waals surface area contributed by atoms with E-state index < -0.39 is 0 Å². The molecule has 0 bridgehead atoms. The lowest BCUT2D eigenvalue weighted by Gasteiger charge is -2.02. The van der Waals surface area contributed by atoms with Crippen LogP contribution in [0.4, 0.5) is 0 Å². The zero-order valence-corrected chi connectivity index (χ0v) is 15.2. The van der Waals surface area contributed by atoms with E-state index in [0.29, 0.717) is 0 Å². The van der Waals surface area contributed by atoms with Gasteiger partial charge in [-0.15, -0.1) is 0 Å². The molecule has 0 amide bonds. The molecule has 1 aromatic heterocycles. The summed E-state index contributed by atoms with van der Waals surface area (Å²) >= 11 is 0. The van der Waals surface area contributed by atoms with Gasteiger partial charge in [-0.2, -0.15) is 4.57 Å². The molecule has 0 aliphatic rings. The first-order valence-electron chi connectivity index (χ1n) is 9.62. The van der Waals surface area contributed by atoms with Crippen LogP contribution in [0, 0.1) is 0 Å². The molecule has 0 unspecified atom stereocenters. The molecular formula is C23H32N+. The maximum absolute atomic E-state index is 2.28. The molecule has 0 radical (unpaired) electrons. The first kappa shape index (κ1) is 18.4. The summed E-state index contributed by atoms with van der Waals surface area (Å²) in [7, 11) is 0. The molecule has 1 aromatic carbocycles. The average molecular weight is 323 g/mol. The molecule has 0 saturated heterocycles. The Labute approximate surface area is 148 Å². The molecule has 128 valence electrons. The van der Waals surface area contributed by atoms with Crippen molar-refractivity contribution in [3.63, 3.8) is 0 Å². The molecule has 0 fully saturated rings. The van der Waals surface area contributed by atoms with Crippen molar-refractivity contribution in [3.05, 3.63) is 66.0 Å². The van der Waals surface area contributed by atoms with Crippen molar-refractivity contribution in [2.24, 2.45) is 0 Å². The van der Waals surface area contributed by atoms with Gasteiger partial charge < -0.3 is 0 Å². The van der Waals surface area contributed by atoms with E-state index in [0.717, 1.165) is 6.42 Å². The number of hydrogen-bond acceptors (Lipinski definition) is 0. The molecule has 0 aliphatic carbocycles. The van der Waals surface area contributed by atoms with Gasteiger partial charge in [0.1, 0.15) is 0 Å². The SMILES string of the molecule is CCCCCCCCCCc1cccc[n+]1C=Cc1ccccc1. The lowest BCUT2D eigenvalue weighted by molar-refractivity contribution is -0.576. The maximum Gasteiger partial charge on any atom is 0.186 e. The fourth-order valence-electron chi connectivity index (χ4n) is 3.02. The van der Waals surface area contributed by atoms with Gasteiger partial charge in [-0.1, -0.05) is 88.3 Å². The number of nitrogens with zero attached hydrogens (tertiary/aromatic N) is 1. The summed E-state index contributed by atoms with van der Waals surface area (Å²) in [5.41, 5.74) is 2.64. The smallest absolute Gasteiger partial charge is 0.171 e. The van der Waals surface area contributed by atoms with Gasteiger partial charge in [-0.25, -0.2) is 0 Å². The van der Waals surface area contributed by atoms with Crippen LogP contribution in [-0.2, 0) is 6.42 Å². The summed E-state index contributed by atoms with van der Waals surface area (Å²) in [6.45, 7) is 2.28. The van der Waals surface area contributed by atoms with E-state index in [-0.39, 0.29) is 0 Å². The number of hydrogen-bond donors (Lipinski definition) is 0. The molecule has 24 heavy (non-hydrogen) atoms. The van der Waals surface area contributed by atoms with Crippen LogP contribution in [0.5, 0.6) is 0 Å². The largest absolute Gasteiger partial charge is 0.186 e. The molecule has 0 N–H and O–H groups in total. The van der Waals surface area contributed by atoms with E-state index in [9.17, 15) is 0 Å². The summed E-state index contributed by atoms with van der Waals surface area (Å²) in [6, 6.07) is 17.0. The van der Waals surface area contributed by atoms with Crippen LogP contribution in [0.15, 0.2) is 54.7 Å². The summed E-state index contributed by atoms with van der Waals surface area (Å²) in [6.07, 6.45) is 18.7. The maximum atomic E-state index is 2.28. The first-order chi connectivity index (χ1) is 11.9. The second-order valence-electron chi connectivity index (χ2n) is 6.55. The minimum Gasteiger partial charge on any atom is -0.171 e. The van der Waals surface area contributed by atoms with E-state index >= 15 is 0 Å². The Morgan fingerprint density at radius 2 is 1.42 bits per heavy atom. The Kier molecular flexibility index (Phi) is 8.93. The van der Waals surface area contributed by atoms with E-state index in [1.807, 2.05) is 0 Å². The van der Waals surface area contributed by atoms with Crippen LogP contribution in [0.3, 0.4) is 0 Å². The van der Waals surface area contributed by atoms with Gasteiger partial charge in [-0.05, 0) is 12.0 Å². The van der Waals surface area contributed by atoms with E-state index in [2.05, 4.69) is 78.5 Å². The standard InChI is InChI=1S/C23H32N/c1-2-3-4-5-6-7-8-12-17-23-18-13-14-20-24(23)21-19-22-15-10-9-11-16-22/h9-11,13-16,18-21H,2-8,12,17H2,1H3/q+1. The third kappa shape index (κ3) is 7.12. The second-order valence-corrected chi connectivity index (χ2v) is 6.55. The predicted molar refractivity (Wildman–Crippen MR) is 105 cm³/mol. The van der Waals surface area contributed by atoms with Gasteiger partial charge in [0.25, 0.3) is 0 Å². The normalized spacial score (nSPS) is 11.2. The van der Waals surface area contributed by atoms with E-state index in [1.165, 1.54) is 62.6 Å². The molecule has 2 aromatic rings. The lowest BCUT2D eigenvalue weighted by Crippen LogP contribution is -2.30. The van der Waals surface area contributed by atoms with Crippen molar-refractivity contribution in [1.82, 2.24) is 0 Å². The van der Waals surface area contributed by atoms with Crippen LogP contribution in [0.1, 0.15) is 69.5 Å². The summed E-state index contributed by atoms with van der Waals surface area (Å²) in [5, 5.41) is 0.